The maximum atomic E-state index is 3.16. The number of rotatable bonds is 0. The molecule has 0 spiro atoms. The van der Waals surface area contributed by atoms with E-state index in [2.05, 4.69) is 122 Å². The first-order chi connectivity index (χ1) is 29.1. The SMILES string of the molecule is CC(C)(C)c1ccc2c3c1C1(C)C4CCCCC4C4CCCCC4C1(C)N3c1cccc3c1B2c1ccc(C(C)(C)C)c2c1N3C1(C)C3CCCCC3C3CCCCC3C21C. The molecule has 13 rings (SSSR count). The van der Waals surface area contributed by atoms with Crippen molar-refractivity contribution in [3.63, 3.8) is 0 Å². The molecule has 3 aromatic rings. The minimum atomic E-state index is 0.0364. The van der Waals surface area contributed by atoms with E-state index in [1.165, 1.54) is 103 Å². The van der Waals surface area contributed by atoms with E-state index in [1.54, 1.807) is 61.4 Å². The van der Waals surface area contributed by atoms with Gasteiger partial charge < -0.3 is 9.80 Å². The monoisotopic (exact) mass is 813 g/mol. The second-order valence-corrected chi connectivity index (χ2v) is 26.1. The predicted octanol–water partition coefficient (Wildman–Crippen LogP) is 13.0. The summed E-state index contributed by atoms with van der Waals surface area (Å²) in [4.78, 5) is 6.31. The smallest absolute Gasteiger partial charge is 0.252 e. The second kappa shape index (κ2) is 12.2. The van der Waals surface area contributed by atoms with E-state index in [0.29, 0.717) is 0 Å². The van der Waals surface area contributed by atoms with Crippen LogP contribution in [0.5, 0.6) is 0 Å². The van der Waals surface area contributed by atoms with Gasteiger partial charge in [0.1, 0.15) is 0 Å². The van der Waals surface area contributed by atoms with Crippen LogP contribution < -0.4 is 26.2 Å². The van der Waals surface area contributed by atoms with Gasteiger partial charge in [-0.15, -0.1) is 0 Å². The number of hydrogen-bond donors (Lipinski definition) is 0. The molecular weight excluding hydrogens is 735 g/mol. The summed E-state index contributed by atoms with van der Waals surface area (Å²) < 4.78 is 0. The van der Waals surface area contributed by atoms with E-state index < -0.39 is 0 Å². The van der Waals surface area contributed by atoms with Crippen molar-refractivity contribution in [2.75, 3.05) is 9.80 Å². The van der Waals surface area contributed by atoms with Gasteiger partial charge in [0.25, 0.3) is 6.71 Å². The van der Waals surface area contributed by atoms with Crippen LogP contribution in [-0.4, -0.2) is 17.8 Å². The molecule has 12 unspecified atom stereocenters. The summed E-state index contributed by atoms with van der Waals surface area (Å²) in [7, 11) is 0. The van der Waals surface area contributed by atoms with Gasteiger partial charge in [0.2, 0.25) is 0 Å². The molecule has 10 aliphatic rings. The van der Waals surface area contributed by atoms with Gasteiger partial charge in [-0.05, 0) is 174 Å². The second-order valence-electron chi connectivity index (χ2n) is 26.1. The summed E-state index contributed by atoms with van der Waals surface area (Å²) in [6.45, 7) is 26.9. The van der Waals surface area contributed by atoms with Crippen LogP contribution in [0.3, 0.4) is 0 Å². The Morgan fingerprint density at radius 1 is 0.459 bits per heavy atom. The zero-order chi connectivity index (χ0) is 42.0. The molecule has 3 aromatic carbocycles. The lowest BCUT2D eigenvalue weighted by Crippen LogP contribution is -2.72. The Bertz CT molecular complexity index is 2220. The van der Waals surface area contributed by atoms with Crippen molar-refractivity contribution in [3.8, 4) is 0 Å². The zero-order valence-corrected chi connectivity index (χ0v) is 39.9. The molecule has 6 aliphatic carbocycles. The Morgan fingerprint density at radius 2 is 0.803 bits per heavy atom. The molecule has 0 bridgehead atoms. The Kier molecular flexibility index (Phi) is 7.72. The Hall–Kier alpha value is -2.68. The van der Waals surface area contributed by atoms with E-state index >= 15 is 0 Å². The number of fused-ring (bicyclic) bond motifs is 20. The maximum Gasteiger partial charge on any atom is 0.252 e. The minimum Gasteiger partial charge on any atom is -0.335 e. The quantitative estimate of drug-likeness (QED) is 0.209. The highest BCUT2D eigenvalue weighted by Crippen LogP contribution is 2.75. The molecule has 6 fully saturated rings. The van der Waals surface area contributed by atoms with Gasteiger partial charge >= 0.3 is 0 Å². The summed E-state index contributed by atoms with van der Waals surface area (Å²) in [5.74, 6) is 6.39. The average Bonchev–Trinajstić information content (AvgIpc) is 3.62. The minimum absolute atomic E-state index is 0.0364. The van der Waals surface area contributed by atoms with E-state index in [9.17, 15) is 0 Å². The summed E-state index contributed by atoms with van der Waals surface area (Å²) in [5.41, 5.74) is 18.7. The molecule has 0 amide bonds. The van der Waals surface area contributed by atoms with Crippen LogP contribution in [0.2, 0.25) is 0 Å². The van der Waals surface area contributed by atoms with Crippen LogP contribution >= 0.6 is 0 Å². The summed E-state index contributed by atoms with van der Waals surface area (Å²) >= 11 is 0. The summed E-state index contributed by atoms with van der Waals surface area (Å²) in [5, 5.41) is 0. The van der Waals surface area contributed by atoms with Crippen molar-refractivity contribution in [2.45, 2.75) is 205 Å². The topological polar surface area (TPSA) is 6.48 Å². The lowest BCUT2D eigenvalue weighted by molar-refractivity contribution is -0.0774. The van der Waals surface area contributed by atoms with E-state index in [-0.39, 0.29) is 39.5 Å². The van der Waals surface area contributed by atoms with Crippen molar-refractivity contribution < 1.29 is 0 Å². The fourth-order valence-electron chi connectivity index (χ4n) is 20.1. The van der Waals surface area contributed by atoms with Crippen molar-refractivity contribution in [2.24, 2.45) is 47.3 Å². The van der Waals surface area contributed by atoms with Gasteiger partial charge in [0.05, 0.1) is 11.1 Å². The maximum absolute atomic E-state index is 3.16. The number of hydrogen-bond acceptors (Lipinski definition) is 2. The van der Waals surface area contributed by atoms with Gasteiger partial charge in [-0.25, -0.2) is 0 Å². The third kappa shape index (κ3) is 4.24. The fourth-order valence-corrected chi connectivity index (χ4v) is 20.1. The Labute approximate surface area is 370 Å². The highest BCUT2D eigenvalue weighted by atomic mass is 15.3. The van der Waals surface area contributed by atoms with Gasteiger partial charge in [0.15, 0.2) is 0 Å². The van der Waals surface area contributed by atoms with Crippen LogP contribution in [0.15, 0.2) is 42.5 Å². The molecule has 322 valence electrons. The van der Waals surface area contributed by atoms with Gasteiger partial charge in [-0.2, -0.15) is 0 Å². The third-order valence-corrected chi connectivity index (χ3v) is 22.3. The van der Waals surface area contributed by atoms with Crippen LogP contribution in [-0.2, 0) is 21.7 Å². The van der Waals surface area contributed by atoms with Crippen molar-refractivity contribution in [1.82, 2.24) is 0 Å². The largest absolute Gasteiger partial charge is 0.335 e. The molecule has 2 nitrogen and oxygen atoms in total. The van der Waals surface area contributed by atoms with Crippen molar-refractivity contribution in [3.05, 3.63) is 64.7 Å². The number of anilines is 4. The molecule has 61 heavy (non-hydrogen) atoms. The average molecular weight is 813 g/mol. The normalized spacial score (nSPS) is 41.0. The lowest BCUT2D eigenvalue weighted by atomic mass is 9.33. The fraction of sp³-hybridized carbons (Fsp3) is 0.690. The van der Waals surface area contributed by atoms with Crippen molar-refractivity contribution >= 4 is 45.9 Å². The molecule has 0 radical (unpaired) electrons. The molecule has 0 saturated heterocycles. The van der Waals surface area contributed by atoms with Gasteiger partial charge in [-0.1, -0.05) is 137 Å². The first-order valence-corrected chi connectivity index (χ1v) is 26.2. The van der Waals surface area contributed by atoms with E-state index in [1.807, 2.05) is 0 Å². The standard InChI is InChI=1S/C58H77BN2/c1-53(2,3)42-30-32-44-51-48(42)55(7)38-24-15-11-20-34(38)36-22-13-17-26-40(36)57(55,9)60(51)46-28-19-29-47-50(46)59(44)45-33-31-43(54(4,5)6)49-52(45)61(47)58(10)41-27-18-14-23-37(41)35-21-12-16-25-39(35)56(49,58)8/h19,28-41H,11-18,20-27H2,1-10H3. The molecule has 0 N–H and O–H groups in total. The third-order valence-electron chi connectivity index (χ3n) is 22.3. The molecular formula is C58H77BN2. The summed E-state index contributed by atoms with van der Waals surface area (Å²) in [6.07, 6.45) is 22.9. The molecule has 4 aliphatic heterocycles. The molecule has 4 heterocycles. The van der Waals surface area contributed by atoms with Gasteiger partial charge in [0, 0.05) is 33.6 Å². The predicted molar refractivity (Wildman–Crippen MR) is 259 cm³/mol. The molecule has 0 aromatic heterocycles. The molecule has 6 saturated carbocycles. The van der Waals surface area contributed by atoms with Crippen LogP contribution in [0.1, 0.15) is 194 Å². The van der Waals surface area contributed by atoms with E-state index in [0.717, 1.165) is 47.3 Å². The first-order valence-electron chi connectivity index (χ1n) is 26.2. The molecule has 3 heteroatoms. The Balaban J connectivity index is 1.15. The number of benzene rings is 3. The van der Waals surface area contributed by atoms with Crippen LogP contribution in [0, 0.1) is 47.3 Å². The van der Waals surface area contributed by atoms with Crippen LogP contribution in [0.25, 0.3) is 0 Å². The van der Waals surface area contributed by atoms with Gasteiger partial charge in [-0.3, -0.25) is 0 Å². The van der Waals surface area contributed by atoms with Crippen LogP contribution in [0.4, 0.5) is 22.7 Å². The lowest BCUT2D eigenvalue weighted by Gasteiger charge is -2.67. The first kappa shape index (κ1) is 38.8. The van der Waals surface area contributed by atoms with E-state index in [4.69, 9.17) is 0 Å². The summed E-state index contributed by atoms with van der Waals surface area (Å²) in [6, 6.07) is 18.7. The highest BCUT2D eigenvalue weighted by molar-refractivity contribution is 7.00. The Morgan fingerprint density at radius 3 is 1.18 bits per heavy atom. The highest BCUT2D eigenvalue weighted by Gasteiger charge is 2.74. The van der Waals surface area contributed by atoms with Crippen molar-refractivity contribution in [1.29, 1.82) is 0 Å². The molecule has 12 atom stereocenters. The number of nitrogens with zero attached hydrogens (tertiary/aromatic N) is 2. The zero-order valence-electron chi connectivity index (χ0n) is 39.9.